The molecule has 0 amide bonds. The smallest absolute Gasteiger partial charge is 0.0840 e. The van der Waals surface area contributed by atoms with Crippen LogP contribution in [0.15, 0.2) is 48.7 Å². The molecule has 4 nitrogen and oxygen atoms in total. The Morgan fingerprint density at radius 2 is 1.94 bits per heavy atom. The molecule has 0 spiro atoms. The first-order valence-corrected chi connectivity index (χ1v) is 6.38. The van der Waals surface area contributed by atoms with Crippen molar-refractivity contribution in [2.75, 3.05) is 0 Å². The predicted molar refractivity (Wildman–Crippen MR) is 73.0 cm³/mol. The van der Waals surface area contributed by atoms with E-state index >= 15 is 0 Å². The minimum absolute atomic E-state index is 0.0731. The number of rotatable bonds is 3. The largest absolute Gasteiger partial charge is 0.271 e. The van der Waals surface area contributed by atoms with Gasteiger partial charge in [0.15, 0.2) is 0 Å². The maximum Gasteiger partial charge on any atom is 0.0840 e. The highest BCUT2D eigenvalue weighted by molar-refractivity contribution is 7.05. The van der Waals surface area contributed by atoms with Crippen LogP contribution in [0.25, 0.3) is 10.8 Å². The SMILES string of the molecule is NNC(c1cnns1)c1cccc2ccccc12. The summed E-state index contributed by atoms with van der Waals surface area (Å²) >= 11 is 1.36. The fraction of sp³-hybridized carbons (Fsp3) is 0.0769. The van der Waals surface area contributed by atoms with Crippen LogP contribution in [0.2, 0.25) is 0 Å². The molecule has 0 aliphatic carbocycles. The van der Waals surface area contributed by atoms with Crippen LogP contribution in [0.5, 0.6) is 0 Å². The van der Waals surface area contributed by atoms with Crippen molar-refractivity contribution in [1.82, 2.24) is 15.0 Å². The first-order chi connectivity index (χ1) is 8.90. The average molecular weight is 256 g/mol. The Balaban J connectivity index is 2.18. The molecule has 1 unspecified atom stereocenters. The number of nitrogens with zero attached hydrogens (tertiary/aromatic N) is 2. The second-order valence-corrected chi connectivity index (χ2v) is 4.81. The topological polar surface area (TPSA) is 63.8 Å². The zero-order chi connectivity index (χ0) is 12.4. The standard InChI is InChI=1S/C13H12N4S/c14-16-13(12-8-15-17-18-12)11-7-3-5-9-4-1-2-6-10(9)11/h1-8,13,16H,14H2. The number of fused-ring (bicyclic) bond motifs is 1. The van der Waals surface area contributed by atoms with Crippen LogP contribution in [0.1, 0.15) is 16.5 Å². The third-order valence-corrected chi connectivity index (χ3v) is 3.69. The molecule has 1 heterocycles. The van der Waals surface area contributed by atoms with E-state index in [0.29, 0.717) is 0 Å². The minimum Gasteiger partial charge on any atom is -0.271 e. The Hall–Kier alpha value is -1.82. The van der Waals surface area contributed by atoms with Gasteiger partial charge in [-0.25, -0.2) is 5.43 Å². The predicted octanol–water partition coefficient (Wildman–Crippen LogP) is 2.24. The Kier molecular flexibility index (Phi) is 3.02. The van der Waals surface area contributed by atoms with E-state index in [0.717, 1.165) is 10.4 Å². The molecule has 1 atom stereocenters. The molecule has 90 valence electrons. The molecule has 1 aromatic heterocycles. The van der Waals surface area contributed by atoms with E-state index in [1.54, 1.807) is 6.20 Å². The lowest BCUT2D eigenvalue weighted by atomic mass is 9.98. The van der Waals surface area contributed by atoms with E-state index in [-0.39, 0.29) is 6.04 Å². The molecule has 0 radical (unpaired) electrons. The van der Waals surface area contributed by atoms with Gasteiger partial charge < -0.3 is 0 Å². The summed E-state index contributed by atoms with van der Waals surface area (Å²) in [6.07, 6.45) is 1.75. The number of benzene rings is 2. The Morgan fingerprint density at radius 1 is 1.11 bits per heavy atom. The van der Waals surface area contributed by atoms with Crippen molar-refractivity contribution in [1.29, 1.82) is 0 Å². The third-order valence-electron chi connectivity index (χ3n) is 2.96. The Morgan fingerprint density at radius 3 is 2.72 bits per heavy atom. The minimum atomic E-state index is -0.0731. The van der Waals surface area contributed by atoms with E-state index in [4.69, 9.17) is 5.84 Å². The van der Waals surface area contributed by atoms with Crippen LogP contribution in [0.4, 0.5) is 0 Å². The Labute approximate surface area is 109 Å². The zero-order valence-corrected chi connectivity index (χ0v) is 10.4. The summed E-state index contributed by atoms with van der Waals surface area (Å²) in [6.45, 7) is 0. The van der Waals surface area contributed by atoms with E-state index in [1.165, 1.54) is 22.3 Å². The molecule has 0 aliphatic rings. The molecule has 2 aromatic carbocycles. The number of hydrogen-bond donors (Lipinski definition) is 2. The number of nitrogens with two attached hydrogens (primary N) is 1. The molecule has 0 aliphatic heterocycles. The summed E-state index contributed by atoms with van der Waals surface area (Å²) in [5.41, 5.74) is 3.98. The lowest BCUT2D eigenvalue weighted by Crippen LogP contribution is -2.28. The van der Waals surface area contributed by atoms with Crippen LogP contribution < -0.4 is 11.3 Å². The highest BCUT2D eigenvalue weighted by Crippen LogP contribution is 2.29. The summed E-state index contributed by atoms with van der Waals surface area (Å²) in [7, 11) is 0. The van der Waals surface area contributed by atoms with E-state index < -0.39 is 0 Å². The maximum atomic E-state index is 5.69. The van der Waals surface area contributed by atoms with Gasteiger partial charge in [-0.05, 0) is 27.9 Å². The molecule has 18 heavy (non-hydrogen) atoms. The first kappa shape index (κ1) is 11.3. The van der Waals surface area contributed by atoms with Gasteiger partial charge in [-0.1, -0.05) is 47.0 Å². The number of hydrogen-bond acceptors (Lipinski definition) is 5. The van der Waals surface area contributed by atoms with Crippen molar-refractivity contribution in [3.05, 3.63) is 59.1 Å². The monoisotopic (exact) mass is 256 g/mol. The highest BCUT2D eigenvalue weighted by Gasteiger charge is 2.16. The van der Waals surface area contributed by atoms with Crippen molar-refractivity contribution in [3.63, 3.8) is 0 Å². The summed E-state index contributed by atoms with van der Waals surface area (Å²) in [5.74, 6) is 5.69. The van der Waals surface area contributed by atoms with Crippen LogP contribution in [-0.2, 0) is 0 Å². The second kappa shape index (κ2) is 4.81. The van der Waals surface area contributed by atoms with Crippen molar-refractivity contribution in [2.24, 2.45) is 5.84 Å². The average Bonchev–Trinajstić information content (AvgIpc) is 2.94. The van der Waals surface area contributed by atoms with Crippen molar-refractivity contribution >= 4 is 22.3 Å². The van der Waals surface area contributed by atoms with Crippen molar-refractivity contribution in [2.45, 2.75) is 6.04 Å². The molecule has 0 bridgehead atoms. The molecule has 3 aromatic rings. The van der Waals surface area contributed by atoms with Gasteiger partial charge >= 0.3 is 0 Å². The summed E-state index contributed by atoms with van der Waals surface area (Å²) in [4.78, 5) is 1.01. The van der Waals surface area contributed by atoms with Crippen molar-refractivity contribution in [3.8, 4) is 0 Å². The zero-order valence-electron chi connectivity index (χ0n) is 9.58. The lowest BCUT2D eigenvalue weighted by molar-refractivity contribution is 0.649. The van der Waals surface area contributed by atoms with Crippen LogP contribution in [0, 0.1) is 0 Å². The van der Waals surface area contributed by atoms with E-state index in [9.17, 15) is 0 Å². The van der Waals surface area contributed by atoms with Gasteiger partial charge in [0.2, 0.25) is 0 Å². The van der Waals surface area contributed by atoms with E-state index in [1.807, 2.05) is 18.2 Å². The van der Waals surface area contributed by atoms with Gasteiger partial charge in [0.1, 0.15) is 0 Å². The number of hydrazine groups is 1. The molecule has 3 N–H and O–H groups in total. The molecule has 3 rings (SSSR count). The van der Waals surface area contributed by atoms with Gasteiger partial charge in [-0.15, -0.1) is 5.10 Å². The normalized spacial score (nSPS) is 12.7. The molecular formula is C13H12N4S. The molecule has 5 heteroatoms. The summed E-state index contributed by atoms with van der Waals surface area (Å²) in [6, 6.07) is 14.4. The van der Waals surface area contributed by atoms with Gasteiger partial charge in [0.05, 0.1) is 17.1 Å². The highest BCUT2D eigenvalue weighted by atomic mass is 32.1. The fourth-order valence-corrected chi connectivity index (χ4v) is 2.71. The van der Waals surface area contributed by atoms with Gasteiger partial charge in [-0.2, -0.15) is 0 Å². The van der Waals surface area contributed by atoms with Crippen LogP contribution in [0.3, 0.4) is 0 Å². The van der Waals surface area contributed by atoms with Crippen molar-refractivity contribution < 1.29 is 0 Å². The first-order valence-electron chi connectivity index (χ1n) is 5.61. The van der Waals surface area contributed by atoms with Gasteiger partial charge in [0, 0.05) is 0 Å². The Bertz CT molecular complexity index is 646. The summed E-state index contributed by atoms with van der Waals surface area (Å²) in [5, 5.41) is 6.26. The number of aromatic nitrogens is 2. The second-order valence-electron chi connectivity index (χ2n) is 3.99. The number of nitrogens with one attached hydrogen (secondary N) is 1. The van der Waals surface area contributed by atoms with Gasteiger partial charge in [-0.3, -0.25) is 5.84 Å². The molecule has 0 saturated carbocycles. The molecular weight excluding hydrogens is 244 g/mol. The summed E-state index contributed by atoms with van der Waals surface area (Å²) < 4.78 is 3.89. The van der Waals surface area contributed by atoms with Crippen LogP contribution >= 0.6 is 11.5 Å². The third kappa shape index (κ3) is 1.88. The van der Waals surface area contributed by atoms with Crippen LogP contribution in [-0.4, -0.2) is 9.59 Å². The molecule has 0 fully saturated rings. The molecule has 0 saturated heterocycles. The maximum absolute atomic E-state index is 5.69. The lowest BCUT2D eigenvalue weighted by Gasteiger charge is -2.16. The quantitative estimate of drug-likeness (QED) is 0.557. The van der Waals surface area contributed by atoms with E-state index in [2.05, 4.69) is 39.3 Å². The fourth-order valence-electron chi connectivity index (χ4n) is 2.13. The van der Waals surface area contributed by atoms with Gasteiger partial charge in [0.25, 0.3) is 0 Å².